The zero-order chi connectivity index (χ0) is 22.6. The number of allylic oxidation sites excluding steroid dienone is 3. The molecule has 0 saturated carbocycles. The molecular weight excluding hydrogens is 390 g/mol. The maximum absolute atomic E-state index is 12.9. The van der Waals surface area contributed by atoms with Gasteiger partial charge in [-0.2, -0.15) is 0 Å². The summed E-state index contributed by atoms with van der Waals surface area (Å²) in [6.07, 6.45) is 4.34. The van der Waals surface area contributed by atoms with Crippen LogP contribution in [-0.2, 0) is 9.59 Å². The van der Waals surface area contributed by atoms with Gasteiger partial charge in [0.2, 0.25) is 11.7 Å². The average Bonchev–Trinajstić information content (AvgIpc) is 2.66. The number of carboxylic acids is 1. The summed E-state index contributed by atoms with van der Waals surface area (Å²) in [4.78, 5) is 60.3. The monoisotopic (exact) mass is 413 g/mol. The van der Waals surface area contributed by atoms with E-state index in [4.69, 9.17) is 5.11 Å². The Morgan fingerprint density at radius 3 is 2.47 bits per heavy atom. The molecule has 1 aromatic carbocycles. The molecule has 30 heavy (non-hydrogen) atoms. The second-order valence-electron chi connectivity index (χ2n) is 7.10. The summed E-state index contributed by atoms with van der Waals surface area (Å²) in [5, 5.41) is 21.5. The van der Waals surface area contributed by atoms with E-state index in [1.807, 2.05) is 6.92 Å². The molecule has 8 heteroatoms. The van der Waals surface area contributed by atoms with Gasteiger partial charge >= 0.3 is 5.97 Å². The van der Waals surface area contributed by atoms with Crippen molar-refractivity contribution in [1.29, 1.82) is 0 Å². The third-order valence-corrected chi connectivity index (χ3v) is 4.87. The van der Waals surface area contributed by atoms with Crippen LogP contribution < -0.4 is 5.32 Å². The average molecular weight is 413 g/mol. The predicted molar refractivity (Wildman–Crippen MR) is 108 cm³/mol. The third kappa shape index (κ3) is 4.89. The van der Waals surface area contributed by atoms with E-state index in [1.165, 1.54) is 26.0 Å². The fourth-order valence-corrected chi connectivity index (χ4v) is 3.31. The van der Waals surface area contributed by atoms with Gasteiger partial charge in [0, 0.05) is 36.6 Å². The van der Waals surface area contributed by atoms with Crippen molar-refractivity contribution < 1.29 is 34.2 Å². The van der Waals surface area contributed by atoms with E-state index >= 15 is 0 Å². The predicted octanol–water partition coefficient (Wildman–Crippen LogP) is 2.73. The third-order valence-electron chi connectivity index (χ3n) is 4.87. The number of carbonyl (C=O) groups excluding carboxylic acids is 4. The number of phenolic OH excluding ortho intramolecular Hbond substituents is 1. The Bertz CT molecular complexity index is 1000. The molecule has 0 aromatic heterocycles. The lowest BCUT2D eigenvalue weighted by molar-refractivity contribution is -0.131. The van der Waals surface area contributed by atoms with E-state index in [0.717, 1.165) is 12.2 Å². The van der Waals surface area contributed by atoms with Crippen LogP contribution in [0.5, 0.6) is 5.75 Å². The van der Waals surface area contributed by atoms with Crippen LogP contribution in [0.3, 0.4) is 0 Å². The lowest BCUT2D eigenvalue weighted by atomic mass is 9.84. The second kappa shape index (κ2) is 9.30. The number of aromatic hydroxyl groups is 1. The molecule has 1 atom stereocenters. The number of rotatable bonds is 8. The van der Waals surface area contributed by atoms with E-state index in [9.17, 15) is 29.1 Å². The first-order chi connectivity index (χ1) is 14.1. The normalized spacial score (nSPS) is 14.3. The van der Waals surface area contributed by atoms with Crippen molar-refractivity contribution in [2.75, 3.05) is 0 Å². The minimum absolute atomic E-state index is 0.0460. The van der Waals surface area contributed by atoms with Gasteiger partial charge in [-0.3, -0.25) is 19.2 Å². The summed E-state index contributed by atoms with van der Waals surface area (Å²) in [7, 11) is 0. The Morgan fingerprint density at radius 2 is 1.90 bits per heavy atom. The molecule has 0 spiro atoms. The number of aliphatic carboxylic acids is 1. The molecule has 0 saturated heterocycles. The first kappa shape index (κ1) is 22.7. The van der Waals surface area contributed by atoms with Crippen LogP contribution in [0.2, 0.25) is 0 Å². The number of phenols is 1. The molecule has 2 rings (SSSR count). The minimum Gasteiger partial charge on any atom is -0.507 e. The Hall–Kier alpha value is -3.55. The SMILES string of the molecule is CCC(C=CC(=O)O)CCC(=O)c1c(O)c(C)cc2c1C(=O)C=C(NC(C)=O)C2=O. The minimum atomic E-state index is -1.09. The van der Waals surface area contributed by atoms with Crippen LogP contribution >= 0.6 is 0 Å². The maximum Gasteiger partial charge on any atom is 0.327 e. The van der Waals surface area contributed by atoms with E-state index in [-0.39, 0.29) is 46.0 Å². The number of nitrogens with one attached hydrogen (secondary N) is 1. The summed E-state index contributed by atoms with van der Waals surface area (Å²) >= 11 is 0. The number of hydrogen-bond acceptors (Lipinski definition) is 6. The molecule has 0 aliphatic heterocycles. The summed E-state index contributed by atoms with van der Waals surface area (Å²) in [5.41, 5.74) is -0.397. The smallest absolute Gasteiger partial charge is 0.327 e. The van der Waals surface area contributed by atoms with Gasteiger partial charge in [-0.1, -0.05) is 13.0 Å². The molecule has 0 radical (unpaired) electrons. The van der Waals surface area contributed by atoms with E-state index in [1.54, 1.807) is 0 Å². The molecule has 1 unspecified atom stereocenters. The molecule has 0 heterocycles. The number of hydrogen-bond donors (Lipinski definition) is 3. The fourth-order valence-electron chi connectivity index (χ4n) is 3.31. The molecule has 3 N–H and O–H groups in total. The van der Waals surface area contributed by atoms with Crippen molar-refractivity contribution in [2.45, 2.75) is 40.0 Å². The van der Waals surface area contributed by atoms with Crippen molar-refractivity contribution >= 4 is 29.2 Å². The van der Waals surface area contributed by atoms with Crippen LogP contribution in [0, 0.1) is 12.8 Å². The summed E-state index contributed by atoms with van der Waals surface area (Å²) in [5.74, 6) is -3.94. The van der Waals surface area contributed by atoms with Gasteiger partial charge in [0.25, 0.3) is 0 Å². The van der Waals surface area contributed by atoms with Crippen LogP contribution in [0.15, 0.2) is 30.0 Å². The van der Waals surface area contributed by atoms with Crippen molar-refractivity contribution in [3.05, 3.63) is 52.2 Å². The number of amides is 1. The number of carboxylic acid groups (broad SMARTS) is 1. The van der Waals surface area contributed by atoms with Crippen molar-refractivity contribution in [1.82, 2.24) is 5.32 Å². The highest BCUT2D eigenvalue weighted by atomic mass is 16.4. The van der Waals surface area contributed by atoms with Gasteiger partial charge in [-0.05, 0) is 37.3 Å². The standard InChI is InChI=1S/C22H23NO7/c1-4-13(6-8-18(27)28)5-7-16(25)20-19-14(9-11(2)21(20)29)22(30)15(10-17(19)26)23-12(3)24/h6,8-10,13,29H,4-5,7H2,1-3H3,(H,23,24)(H,27,28). The number of aryl methyl sites for hydroxylation is 1. The second-order valence-corrected chi connectivity index (χ2v) is 7.10. The van der Waals surface area contributed by atoms with Crippen LogP contribution in [0.1, 0.15) is 69.7 Å². The zero-order valence-electron chi connectivity index (χ0n) is 16.9. The largest absolute Gasteiger partial charge is 0.507 e. The fraction of sp³-hybridized carbons (Fsp3) is 0.318. The van der Waals surface area contributed by atoms with Crippen molar-refractivity contribution in [3.8, 4) is 5.75 Å². The summed E-state index contributed by atoms with van der Waals surface area (Å²) < 4.78 is 0. The van der Waals surface area contributed by atoms with Gasteiger partial charge < -0.3 is 15.5 Å². The Balaban J connectivity index is 2.41. The molecular formula is C22H23NO7. The van der Waals surface area contributed by atoms with Gasteiger partial charge in [-0.15, -0.1) is 0 Å². The van der Waals surface area contributed by atoms with Crippen LogP contribution in [0.4, 0.5) is 0 Å². The highest BCUT2D eigenvalue weighted by Gasteiger charge is 2.33. The molecule has 158 valence electrons. The Kier molecular flexibility index (Phi) is 7.05. The topological polar surface area (TPSA) is 138 Å². The van der Waals surface area contributed by atoms with E-state index in [0.29, 0.717) is 12.8 Å². The van der Waals surface area contributed by atoms with Gasteiger partial charge in [0.05, 0.1) is 11.3 Å². The molecule has 1 amide bonds. The lowest BCUT2D eigenvalue weighted by Crippen LogP contribution is -2.31. The van der Waals surface area contributed by atoms with Crippen LogP contribution in [-0.4, -0.2) is 39.4 Å². The lowest BCUT2D eigenvalue weighted by Gasteiger charge is -2.20. The zero-order valence-corrected chi connectivity index (χ0v) is 16.9. The number of benzene rings is 1. The van der Waals surface area contributed by atoms with Crippen LogP contribution in [0.25, 0.3) is 0 Å². The Morgan fingerprint density at radius 1 is 1.23 bits per heavy atom. The quantitative estimate of drug-likeness (QED) is 0.440. The van der Waals surface area contributed by atoms with Crippen molar-refractivity contribution in [2.24, 2.45) is 5.92 Å². The van der Waals surface area contributed by atoms with Gasteiger partial charge in [0.1, 0.15) is 5.75 Å². The number of Topliss-reactive ketones (excluding diaryl/α,β-unsaturated/α-hetero) is 2. The Labute approximate surface area is 173 Å². The molecule has 1 aromatic rings. The van der Waals surface area contributed by atoms with Gasteiger partial charge in [0.15, 0.2) is 11.6 Å². The number of ketones is 3. The highest BCUT2D eigenvalue weighted by Crippen LogP contribution is 2.34. The van der Waals surface area contributed by atoms with E-state index < -0.39 is 29.2 Å². The highest BCUT2D eigenvalue weighted by molar-refractivity contribution is 6.28. The first-order valence-corrected chi connectivity index (χ1v) is 9.46. The van der Waals surface area contributed by atoms with Gasteiger partial charge in [-0.25, -0.2) is 4.79 Å². The summed E-state index contributed by atoms with van der Waals surface area (Å²) in [6, 6.07) is 1.32. The number of carbonyl (C=O) groups is 5. The van der Waals surface area contributed by atoms with Crippen molar-refractivity contribution in [3.63, 3.8) is 0 Å². The molecule has 1 aliphatic carbocycles. The molecule has 0 bridgehead atoms. The molecule has 1 aliphatic rings. The van der Waals surface area contributed by atoms with E-state index in [2.05, 4.69) is 5.32 Å². The number of fused-ring (bicyclic) bond motifs is 1. The maximum atomic E-state index is 12.9. The first-order valence-electron chi connectivity index (χ1n) is 9.46. The molecule has 8 nitrogen and oxygen atoms in total. The summed E-state index contributed by atoms with van der Waals surface area (Å²) in [6.45, 7) is 4.56. The molecule has 0 fully saturated rings.